The molecule has 8 heteroatoms. The van der Waals surface area contributed by atoms with Crippen LogP contribution in [-0.2, 0) is 32.3 Å². The summed E-state index contributed by atoms with van der Waals surface area (Å²) in [5.74, 6) is -0.275. The van der Waals surface area contributed by atoms with Crippen LogP contribution in [0.15, 0.2) is 46.3 Å². The van der Waals surface area contributed by atoms with Crippen molar-refractivity contribution in [1.29, 1.82) is 0 Å². The number of methoxy groups -OCH3 is 1. The van der Waals surface area contributed by atoms with E-state index < -0.39 is 9.84 Å². The van der Waals surface area contributed by atoms with Crippen LogP contribution in [0.5, 0.6) is 0 Å². The van der Waals surface area contributed by atoms with E-state index in [0.717, 1.165) is 22.0 Å². The summed E-state index contributed by atoms with van der Waals surface area (Å²) in [6.07, 6.45) is 1.27. The average molecular weight is 433 g/mol. The second-order valence-corrected chi connectivity index (χ2v) is 10.1. The number of ether oxygens (including phenoxy) is 1. The maximum absolute atomic E-state index is 12.6. The topological polar surface area (TPSA) is 77.7 Å². The molecule has 0 aliphatic rings. The van der Waals surface area contributed by atoms with Gasteiger partial charge >= 0.3 is 0 Å². The average Bonchev–Trinajstić information content (AvgIpc) is 2.95. The van der Waals surface area contributed by atoms with Crippen molar-refractivity contribution in [1.82, 2.24) is 4.57 Å². The summed E-state index contributed by atoms with van der Waals surface area (Å²) in [5, 5.41) is 0. The molecule has 0 saturated heterocycles. The van der Waals surface area contributed by atoms with Crippen LogP contribution >= 0.6 is 11.3 Å². The minimum absolute atomic E-state index is 0.112. The Hall–Kier alpha value is -2.29. The van der Waals surface area contributed by atoms with Crippen LogP contribution in [0.25, 0.3) is 10.2 Å². The van der Waals surface area contributed by atoms with E-state index in [1.54, 1.807) is 19.2 Å². The van der Waals surface area contributed by atoms with Crippen molar-refractivity contribution < 1.29 is 17.9 Å². The van der Waals surface area contributed by atoms with Crippen molar-refractivity contribution in [3.63, 3.8) is 0 Å². The number of carbonyl (C=O) groups excluding carboxylic acids is 1. The molecule has 0 bridgehead atoms. The maximum atomic E-state index is 12.6. The minimum Gasteiger partial charge on any atom is -0.383 e. The molecular weight excluding hydrogens is 408 g/mol. The molecule has 0 N–H and O–H groups in total. The fraction of sp³-hybridized carbons (Fsp3) is 0.333. The van der Waals surface area contributed by atoms with Gasteiger partial charge in [0.15, 0.2) is 14.6 Å². The zero-order valence-corrected chi connectivity index (χ0v) is 18.6. The Morgan fingerprint density at radius 2 is 1.79 bits per heavy atom. The second-order valence-electron chi connectivity index (χ2n) is 7.03. The number of thiazole rings is 1. The van der Waals surface area contributed by atoms with Gasteiger partial charge in [-0.25, -0.2) is 8.42 Å². The van der Waals surface area contributed by atoms with Gasteiger partial charge in [-0.1, -0.05) is 23.5 Å². The largest absolute Gasteiger partial charge is 0.383 e. The quantitative estimate of drug-likeness (QED) is 0.600. The Labute approximate surface area is 174 Å². The molecular formula is C21H24N2O4S2. The molecule has 0 unspecified atom stereocenters. The standard InChI is InChI=1S/C21H24N2O4S2/c1-14-11-18-19(12-15(14)2)28-21(23(18)9-10-27-3)22-20(24)13-16-5-7-17(8-6-16)29(4,25)26/h5-8,11-12H,9-10,13H2,1-4H3. The van der Waals surface area contributed by atoms with Gasteiger partial charge in [-0.05, 0) is 54.8 Å². The van der Waals surface area contributed by atoms with Crippen LogP contribution < -0.4 is 4.80 Å². The van der Waals surface area contributed by atoms with Crippen molar-refractivity contribution in [2.45, 2.75) is 31.7 Å². The number of sulfone groups is 1. The van der Waals surface area contributed by atoms with E-state index in [-0.39, 0.29) is 17.2 Å². The highest BCUT2D eigenvalue weighted by atomic mass is 32.2. The predicted molar refractivity (Wildman–Crippen MR) is 115 cm³/mol. The Bertz CT molecular complexity index is 1220. The Morgan fingerprint density at radius 1 is 1.14 bits per heavy atom. The summed E-state index contributed by atoms with van der Waals surface area (Å²) in [7, 11) is -1.61. The van der Waals surface area contributed by atoms with E-state index in [2.05, 4.69) is 31.0 Å². The molecule has 0 aliphatic heterocycles. The fourth-order valence-corrected chi connectivity index (χ4v) is 4.76. The van der Waals surface area contributed by atoms with Crippen molar-refractivity contribution in [3.05, 3.63) is 57.9 Å². The zero-order chi connectivity index (χ0) is 21.2. The molecule has 1 amide bonds. The van der Waals surface area contributed by atoms with Gasteiger partial charge in [0, 0.05) is 19.9 Å². The minimum atomic E-state index is -3.25. The normalized spacial score (nSPS) is 12.6. The first kappa shape index (κ1) is 21.4. The van der Waals surface area contributed by atoms with E-state index in [9.17, 15) is 13.2 Å². The summed E-state index contributed by atoms with van der Waals surface area (Å²) in [5.41, 5.74) is 4.15. The highest BCUT2D eigenvalue weighted by Crippen LogP contribution is 2.22. The highest BCUT2D eigenvalue weighted by molar-refractivity contribution is 7.90. The van der Waals surface area contributed by atoms with Crippen LogP contribution in [-0.4, -0.2) is 38.9 Å². The first-order valence-electron chi connectivity index (χ1n) is 9.15. The molecule has 1 aromatic heterocycles. The number of hydrogen-bond acceptors (Lipinski definition) is 5. The third-order valence-electron chi connectivity index (χ3n) is 4.74. The monoisotopic (exact) mass is 432 g/mol. The van der Waals surface area contributed by atoms with Crippen LogP contribution in [0.2, 0.25) is 0 Å². The van der Waals surface area contributed by atoms with Gasteiger partial charge in [0.1, 0.15) is 0 Å². The lowest BCUT2D eigenvalue weighted by Gasteiger charge is -2.06. The number of hydrogen-bond donors (Lipinski definition) is 0. The van der Waals surface area contributed by atoms with Gasteiger partial charge in [0.2, 0.25) is 0 Å². The van der Waals surface area contributed by atoms with Gasteiger partial charge < -0.3 is 9.30 Å². The van der Waals surface area contributed by atoms with Crippen LogP contribution in [0.1, 0.15) is 16.7 Å². The van der Waals surface area contributed by atoms with E-state index >= 15 is 0 Å². The van der Waals surface area contributed by atoms with Gasteiger partial charge in [0.25, 0.3) is 5.91 Å². The lowest BCUT2D eigenvalue weighted by atomic mass is 10.1. The van der Waals surface area contributed by atoms with E-state index in [1.807, 2.05) is 4.57 Å². The smallest absolute Gasteiger partial charge is 0.252 e. The SMILES string of the molecule is COCCn1c(=NC(=O)Cc2ccc(S(C)(=O)=O)cc2)sc2cc(C)c(C)cc21. The summed E-state index contributed by atoms with van der Waals surface area (Å²) in [4.78, 5) is 17.8. The van der Waals surface area contributed by atoms with Crippen molar-refractivity contribution in [2.24, 2.45) is 4.99 Å². The lowest BCUT2D eigenvalue weighted by Crippen LogP contribution is -2.19. The first-order valence-corrected chi connectivity index (χ1v) is 11.9. The van der Waals surface area contributed by atoms with Crippen molar-refractivity contribution in [2.75, 3.05) is 20.0 Å². The van der Waals surface area contributed by atoms with Crippen LogP contribution in [0, 0.1) is 13.8 Å². The molecule has 0 aliphatic carbocycles. The molecule has 154 valence electrons. The molecule has 0 radical (unpaired) electrons. The van der Waals surface area contributed by atoms with Gasteiger partial charge in [-0.2, -0.15) is 4.99 Å². The van der Waals surface area contributed by atoms with Gasteiger partial charge in [-0.3, -0.25) is 4.79 Å². The maximum Gasteiger partial charge on any atom is 0.252 e. The molecule has 0 fully saturated rings. The number of carbonyl (C=O) groups is 1. The number of rotatable bonds is 6. The summed E-state index contributed by atoms with van der Waals surface area (Å²) in [6, 6.07) is 10.6. The van der Waals surface area contributed by atoms with Crippen LogP contribution in [0.3, 0.4) is 0 Å². The number of benzene rings is 2. The Kier molecular flexibility index (Phi) is 6.36. The third kappa shape index (κ3) is 5.01. The molecule has 0 atom stereocenters. The van der Waals surface area contributed by atoms with E-state index in [4.69, 9.17) is 4.74 Å². The molecule has 1 heterocycles. The Morgan fingerprint density at radius 3 is 2.41 bits per heavy atom. The highest BCUT2D eigenvalue weighted by Gasteiger charge is 2.11. The molecule has 6 nitrogen and oxygen atoms in total. The molecule has 3 aromatic rings. The van der Waals surface area contributed by atoms with Gasteiger partial charge in [0.05, 0.1) is 28.1 Å². The van der Waals surface area contributed by atoms with E-state index in [0.29, 0.717) is 18.0 Å². The molecule has 29 heavy (non-hydrogen) atoms. The van der Waals surface area contributed by atoms with Crippen LogP contribution in [0.4, 0.5) is 0 Å². The second kappa shape index (κ2) is 8.61. The Balaban J connectivity index is 1.94. The number of aromatic nitrogens is 1. The van der Waals surface area contributed by atoms with Crippen molar-refractivity contribution in [3.8, 4) is 0 Å². The fourth-order valence-electron chi connectivity index (χ4n) is 2.98. The number of fused-ring (bicyclic) bond motifs is 1. The number of amides is 1. The molecule has 2 aromatic carbocycles. The zero-order valence-electron chi connectivity index (χ0n) is 16.9. The predicted octanol–water partition coefficient (Wildman–Crippen LogP) is 3.04. The van der Waals surface area contributed by atoms with Gasteiger partial charge in [-0.15, -0.1) is 0 Å². The molecule has 3 rings (SSSR count). The lowest BCUT2D eigenvalue weighted by molar-refractivity contribution is -0.117. The van der Waals surface area contributed by atoms with Crippen molar-refractivity contribution >= 4 is 37.3 Å². The number of aryl methyl sites for hydroxylation is 2. The number of nitrogens with zero attached hydrogens (tertiary/aromatic N) is 2. The third-order valence-corrected chi connectivity index (χ3v) is 6.91. The molecule has 0 spiro atoms. The first-order chi connectivity index (χ1) is 13.7. The summed E-state index contributed by atoms with van der Waals surface area (Å²) < 4.78 is 31.4. The summed E-state index contributed by atoms with van der Waals surface area (Å²) in [6.45, 7) is 5.26. The van der Waals surface area contributed by atoms with E-state index in [1.165, 1.54) is 34.6 Å². The molecule has 0 saturated carbocycles. The summed E-state index contributed by atoms with van der Waals surface area (Å²) >= 11 is 1.48.